The van der Waals surface area contributed by atoms with E-state index < -0.39 is 0 Å². The first-order chi connectivity index (χ1) is 6.58. The fourth-order valence-corrected chi connectivity index (χ4v) is 1.09. The number of rotatable bonds is 0. The van der Waals surface area contributed by atoms with E-state index in [-0.39, 0.29) is 17.1 Å². The third-order valence-electron chi connectivity index (χ3n) is 1.79. The molecule has 82 valence electrons. The van der Waals surface area contributed by atoms with E-state index in [4.69, 9.17) is 10.2 Å². The van der Waals surface area contributed by atoms with Crippen molar-refractivity contribution in [3.8, 4) is 11.5 Å². The van der Waals surface area contributed by atoms with Gasteiger partial charge in [0.15, 0.2) is 0 Å². The van der Waals surface area contributed by atoms with E-state index in [1.807, 2.05) is 26.0 Å². The number of aromatic hydroxyl groups is 2. The Hall–Kier alpha value is -1.18. The second kappa shape index (κ2) is 6.33. The van der Waals surface area contributed by atoms with Gasteiger partial charge in [0, 0.05) is 11.5 Å². The van der Waals surface area contributed by atoms with Crippen LogP contribution in [0.15, 0.2) is 36.4 Å². The Kier molecular flexibility index (Phi) is 5.83. The molecule has 2 aromatic rings. The zero-order chi connectivity index (χ0) is 10.6. The maximum atomic E-state index is 8.65. The van der Waals surface area contributed by atoms with Crippen LogP contribution >= 0.6 is 0 Å². The van der Waals surface area contributed by atoms with Crippen LogP contribution in [0, 0.1) is 13.8 Å². The summed E-state index contributed by atoms with van der Waals surface area (Å²) < 4.78 is 0. The smallest absolute Gasteiger partial charge is 0.566 e. The van der Waals surface area contributed by atoms with Crippen LogP contribution in [-0.4, -0.2) is 10.2 Å². The molecule has 0 spiro atoms. The molecule has 2 rings (SSSR count). The summed E-state index contributed by atoms with van der Waals surface area (Å²) in [6, 6.07) is 10.5. The molecule has 0 heterocycles. The summed E-state index contributed by atoms with van der Waals surface area (Å²) in [4.78, 5) is 0. The molecule has 0 saturated heterocycles. The fraction of sp³-hybridized carbons (Fsp3) is 0.167. The Morgan fingerprint density at radius 1 is 0.867 bits per heavy atom. The molecule has 0 atom stereocenters. The molecule has 2 aromatic carbocycles. The maximum absolute atomic E-state index is 8.65. The van der Waals surface area contributed by atoms with Crippen LogP contribution in [0.5, 0.6) is 11.5 Å². The van der Waals surface area contributed by atoms with Gasteiger partial charge in [-0.05, 0) is 0 Å². The molecule has 0 aromatic heterocycles. The van der Waals surface area contributed by atoms with Crippen molar-refractivity contribution in [2.45, 2.75) is 13.8 Å². The Morgan fingerprint density at radius 2 is 1.20 bits per heavy atom. The molecule has 0 fully saturated rings. The molecule has 0 saturated carbocycles. The molecule has 2 N–H and O–H groups in total. The largest absolute Gasteiger partial charge is 2.00 e. The average Bonchev–Trinajstić information content (AvgIpc) is 2.63. The molecule has 0 aliphatic carbocycles. The van der Waals surface area contributed by atoms with Crippen molar-refractivity contribution in [3.63, 3.8) is 0 Å². The minimum absolute atomic E-state index is 0. The average molecular weight is 246 g/mol. The van der Waals surface area contributed by atoms with E-state index in [0.717, 1.165) is 11.1 Å². The zero-order valence-electron chi connectivity index (χ0n) is 8.71. The molecular weight excluding hydrogens is 232 g/mol. The van der Waals surface area contributed by atoms with Gasteiger partial charge in [0.25, 0.3) is 0 Å². The van der Waals surface area contributed by atoms with Gasteiger partial charge in [0.05, 0.1) is 0 Å². The SMILES string of the molecule is Cc1cc[c-](O)c1.Cc1cc[c-](O)c1.[Fe+2]. The Balaban J connectivity index is 0.000000245. The maximum Gasteiger partial charge on any atom is 2.00 e. The van der Waals surface area contributed by atoms with E-state index in [9.17, 15) is 0 Å². The molecule has 15 heavy (non-hydrogen) atoms. The van der Waals surface area contributed by atoms with Gasteiger partial charge in [0.2, 0.25) is 0 Å². The molecule has 0 amide bonds. The van der Waals surface area contributed by atoms with Crippen LogP contribution in [0.1, 0.15) is 11.1 Å². The van der Waals surface area contributed by atoms with E-state index >= 15 is 0 Å². The van der Waals surface area contributed by atoms with E-state index in [2.05, 4.69) is 0 Å². The first-order valence-electron chi connectivity index (χ1n) is 4.42. The second-order valence-electron chi connectivity index (χ2n) is 3.29. The Bertz CT molecular complexity index is 316. The van der Waals surface area contributed by atoms with Gasteiger partial charge in [-0.2, -0.15) is 11.1 Å². The molecule has 0 radical (unpaired) electrons. The van der Waals surface area contributed by atoms with Crippen molar-refractivity contribution < 1.29 is 27.3 Å². The zero-order valence-corrected chi connectivity index (χ0v) is 9.82. The van der Waals surface area contributed by atoms with Crippen LogP contribution in [0.3, 0.4) is 0 Å². The summed E-state index contributed by atoms with van der Waals surface area (Å²) in [7, 11) is 0. The molecule has 0 aliphatic heterocycles. The molecule has 0 aliphatic rings. The van der Waals surface area contributed by atoms with Crippen LogP contribution in [0.4, 0.5) is 0 Å². The van der Waals surface area contributed by atoms with Gasteiger partial charge in [0.1, 0.15) is 0 Å². The Morgan fingerprint density at radius 3 is 1.27 bits per heavy atom. The van der Waals surface area contributed by atoms with Crippen LogP contribution < -0.4 is 0 Å². The summed E-state index contributed by atoms with van der Waals surface area (Å²) in [5, 5.41) is 17.3. The van der Waals surface area contributed by atoms with Crippen LogP contribution in [0.2, 0.25) is 0 Å². The van der Waals surface area contributed by atoms with E-state index in [1.165, 1.54) is 0 Å². The van der Waals surface area contributed by atoms with Gasteiger partial charge < -0.3 is 10.2 Å². The normalized spacial score (nSPS) is 8.67. The summed E-state index contributed by atoms with van der Waals surface area (Å²) in [5.74, 6) is 0.718. The topological polar surface area (TPSA) is 40.5 Å². The van der Waals surface area contributed by atoms with Gasteiger partial charge >= 0.3 is 17.1 Å². The summed E-state index contributed by atoms with van der Waals surface area (Å²) in [6.07, 6.45) is 0. The van der Waals surface area contributed by atoms with Gasteiger partial charge in [-0.1, -0.05) is 13.8 Å². The molecular formula is C12H14FeO2. The minimum atomic E-state index is 0. The number of aryl methyl sites for hydroxylation is 2. The van der Waals surface area contributed by atoms with Gasteiger partial charge in [-0.15, -0.1) is 24.3 Å². The van der Waals surface area contributed by atoms with Crippen molar-refractivity contribution in [2.24, 2.45) is 0 Å². The van der Waals surface area contributed by atoms with Gasteiger partial charge in [-0.25, -0.2) is 12.1 Å². The number of hydrogen-bond donors (Lipinski definition) is 2. The predicted molar refractivity (Wildman–Crippen MR) is 56.9 cm³/mol. The van der Waals surface area contributed by atoms with Gasteiger partial charge in [-0.3, -0.25) is 0 Å². The molecule has 3 heteroatoms. The molecule has 0 bridgehead atoms. The molecule has 2 nitrogen and oxygen atoms in total. The monoisotopic (exact) mass is 246 g/mol. The van der Waals surface area contributed by atoms with Crippen molar-refractivity contribution in [1.29, 1.82) is 0 Å². The third kappa shape index (κ3) is 5.30. The Labute approximate surface area is 100 Å². The van der Waals surface area contributed by atoms with Crippen LogP contribution in [-0.2, 0) is 17.1 Å². The third-order valence-corrected chi connectivity index (χ3v) is 1.79. The van der Waals surface area contributed by atoms with E-state index in [1.54, 1.807) is 24.3 Å². The van der Waals surface area contributed by atoms with Crippen molar-refractivity contribution in [2.75, 3.05) is 0 Å². The second-order valence-corrected chi connectivity index (χ2v) is 3.29. The van der Waals surface area contributed by atoms with Crippen molar-refractivity contribution in [3.05, 3.63) is 47.5 Å². The summed E-state index contributed by atoms with van der Waals surface area (Å²) >= 11 is 0. The molecule has 0 unspecified atom stereocenters. The quantitative estimate of drug-likeness (QED) is 0.554. The predicted octanol–water partition coefficient (Wildman–Crippen LogP) is 2.84. The first-order valence-corrected chi connectivity index (χ1v) is 4.42. The fourth-order valence-electron chi connectivity index (χ4n) is 1.09. The number of hydrogen-bond acceptors (Lipinski definition) is 2. The van der Waals surface area contributed by atoms with Crippen LogP contribution in [0.25, 0.3) is 0 Å². The standard InChI is InChI=1S/2C6H7O.Fe/c2*1-5-2-3-6(7)4-5;/h2*2-4,7H,1H3;/q2*-1;+2. The van der Waals surface area contributed by atoms with E-state index in [0.29, 0.717) is 11.5 Å². The van der Waals surface area contributed by atoms with Crippen molar-refractivity contribution in [1.82, 2.24) is 0 Å². The minimum Gasteiger partial charge on any atom is -0.566 e. The first kappa shape index (κ1) is 13.8. The summed E-state index contributed by atoms with van der Waals surface area (Å²) in [5.41, 5.74) is 2.22. The van der Waals surface area contributed by atoms with Crippen molar-refractivity contribution >= 4 is 0 Å². The summed E-state index contributed by atoms with van der Waals surface area (Å²) in [6.45, 7) is 3.89.